The fraction of sp³-hybridized carbons (Fsp3) is 0.176. The molecule has 0 atom stereocenters. The number of carbonyl (C=O) groups is 1. The molecule has 0 aliphatic heterocycles. The highest BCUT2D eigenvalue weighted by molar-refractivity contribution is 7.14. The average Bonchev–Trinajstić information content (AvgIpc) is 3.11. The number of aromatic nitrogens is 3. The molecule has 0 unspecified atom stereocenters. The normalized spacial score (nSPS) is 10.4. The zero-order valence-electron chi connectivity index (χ0n) is 13.6. The van der Waals surface area contributed by atoms with Crippen molar-refractivity contribution in [3.05, 3.63) is 53.7 Å². The quantitative estimate of drug-likeness (QED) is 0.634. The molecule has 0 aliphatic carbocycles. The van der Waals surface area contributed by atoms with Gasteiger partial charge in [-0.1, -0.05) is 6.07 Å². The summed E-state index contributed by atoms with van der Waals surface area (Å²) >= 11 is 1.45. The second-order valence-electron chi connectivity index (χ2n) is 5.06. The molecule has 128 valence electrons. The molecular formula is C17H17N5O2S. The molecule has 0 bridgehead atoms. The summed E-state index contributed by atoms with van der Waals surface area (Å²) < 4.78 is 4.92. The largest absolute Gasteiger partial charge is 0.383 e. The highest BCUT2D eigenvalue weighted by Gasteiger charge is 2.09. The fourth-order valence-corrected chi connectivity index (χ4v) is 2.79. The van der Waals surface area contributed by atoms with Crippen molar-refractivity contribution in [2.75, 3.05) is 25.6 Å². The van der Waals surface area contributed by atoms with E-state index < -0.39 is 0 Å². The molecule has 0 radical (unpaired) electrons. The van der Waals surface area contributed by atoms with Crippen LogP contribution in [0.25, 0.3) is 11.4 Å². The lowest BCUT2D eigenvalue weighted by atomic mass is 10.2. The van der Waals surface area contributed by atoms with Gasteiger partial charge < -0.3 is 15.4 Å². The topological polar surface area (TPSA) is 89.0 Å². The summed E-state index contributed by atoms with van der Waals surface area (Å²) in [5.41, 5.74) is 2.13. The maximum Gasteiger partial charge on any atom is 0.251 e. The number of rotatable bonds is 7. The van der Waals surface area contributed by atoms with Crippen LogP contribution in [0, 0.1) is 0 Å². The van der Waals surface area contributed by atoms with Gasteiger partial charge in [-0.15, -0.1) is 11.3 Å². The van der Waals surface area contributed by atoms with E-state index >= 15 is 0 Å². The van der Waals surface area contributed by atoms with Crippen molar-refractivity contribution in [1.29, 1.82) is 0 Å². The summed E-state index contributed by atoms with van der Waals surface area (Å²) in [6, 6.07) is 9.03. The van der Waals surface area contributed by atoms with Crippen molar-refractivity contribution in [3.8, 4) is 11.4 Å². The second kappa shape index (κ2) is 8.32. The number of hydrogen-bond donors (Lipinski definition) is 2. The first-order chi connectivity index (χ1) is 12.3. The number of pyridine rings is 2. The van der Waals surface area contributed by atoms with Crippen LogP contribution in [0.2, 0.25) is 0 Å². The summed E-state index contributed by atoms with van der Waals surface area (Å²) in [7, 11) is 1.59. The van der Waals surface area contributed by atoms with Gasteiger partial charge in [0, 0.05) is 37.0 Å². The van der Waals surface area contributed by atoms with Crippen molar-refractivity contribution in [2.45, 2.75) is 0 Å². The van der Waals surface area contributed by atoms with Crippen LogP contribution in [-0.4, -0.2) is 41.1 Å². The van der Waals surface area contributed by atoms with Crippen molar-refractivity contribution in [1.82, 2.24) is 20.3 Å². The minimum atomic E-state index is -0.171. The number of carbonyl (C=O) groups excluding carboxylic acids is 1. The third kappa shape index (κ3) is 4.59. The van der Waals surface area contributed by atoms with Crippen LogP contribution in [0.15, 0.2) is 48.1 Å². The molecule has 3 rings (SSSR count). The number of amides is 1. The van der Waals surface area contributed by atoms with Crippen LogP contribution in [0.5, 0.6) is 0 Å². The van der Waals surface area contributed by atoms with Crippen LogP contribution in [0.3, 0.4) is 0 Å². The van der Waals surface area contributed by atoms with E-state index in [-0.39, 0.29) is 5.91 Å². The van der Waals surface area contributed by atoms with E-state index in [1.165, 1.54) is 11.3 Å². The molecule has 2 N–H and O–H groups in total. The van der Waals surface area contributed by atoms with E-state index in [1.807, 2.05) is 23.6 Å². The first kappa shape index (κ1) is 17.0. The van der Waals surface area contributed by atoms with Crippen LogP contribution in [-0.2, 0) is 4.74 Å². The maximum absolute atomic E-state index is 12.1. The van der Waals surface area contributed by atoms with E-state index in [0.717, 1.165) is 11.4 Å². The summed E-state index contributed by atoms with van der Waals surface area (Å²) in [6.07, 6.45) is 3.32. The van der Waals surface area contributed by atoms with Gasteiger partial charge in [0.25, 0.3) is 5.91 Å². The lowest BCUT2D eigenvalue weighted by Crippen LogP contribution is -2.26. The highest BCUT2D eigenvalue weighted by Crippen LogP contribution is 2.25. The van der Waals surface area contributed by atoms with Gasteiger partial charge in [0.05, 0.1) is 12.3 Å². The predicted octanol–water partition coefficient (Wildman–Crippen LogP) is 2.72. The van der Waals surface area contributed by atoms with Crippen molar-refractivity contribution in [2.24, 2.45) is 0 Å². The van der Waals surface area contributed by atoms with Gasteiger partial charge in [0.15, 0.2) is 5.13 Å². The molecule has 0 saturated carbocycles. The van der Waals surface area contributed by atoms with Gasteiger partial charge in [-0.3, -0.25) is 9.78 Å². The van der Waals surface area contributed by atoms with Gasteiger partial charge in [0.1, 0.15) is 11.5 Å². The summed E-state index contributed by atoms with van der Waals surface area (Å²) in [6.45, 7) is 0.928. The number of hydrogen-bond acceptors (Lipinski definition) is 7. The van der Waals surface area contributed by atoms with Crippen LogP contribution in [0.1, 0.15) is 10.4 Å². The number of ether oxygens (including phenoxy) is 1. The number of anilines is 2. The van der Waals surface area contributed by atoms with Crippen molar-refractivity contribution < 1.29 is 9.53 Å². The third-order valence-corrected chi connectivity index (χ3v) is 4.04. The lowest BCUT2D eigenvalue weighted by molar-refractivity contribution is 0.0937. The molecule has 0 spiro atoms. The Bertz CT molecular complexity index is 838. The molecule has 25 heavy (non-hydrogen) atoms. The molecule has 7 nitrogen and oxygen atoms in total. The van der Waals surface area contributed by atoms with Crippen LogP contribution in [0.4, 0.5) is 10.9 Å². The zero-order chi connectivity index (χ0) is 17.5. The van der Waals surface area contributed by atoms with Gasteiger partial charge in [0.2, 0.25) is 0 Å². The molecule has 3 aromatic heterocycles. The molecular weight excluding hydrogens is 338 g/mol. The Hall–Kier alpha value is -2.84. The van der Waals surface area contributed by atoms with E-state index in [2.05, 4.69) is 25.6 Å². The Balaban J connectivity index is 1.68. The lowest BCUT2D eigenvalue weighted by Gasteiger charge is -2.06. The Morgan fingerprint density at radius 1 is 1.20 bits per heavy atom. The van der Waals surface area contributed by atoms with E-state index in [1.54, 1.807) is 31.6 Å². The van der Waals surface area contributed by atoms with Gasteiger partial charge in [-0.05, 0) is 24.3 Å². The van der Waals surface area contributed by atoms with Gasteiger partial charge in [-0.2, -0.15) is 0 Å². The summed E-state index contributed by atoms with van der Waals surface area (Å²) in [5, 5.41) is 8.50. The van der Waals surface area contributed by atoms with Crippen LogP contribution < -0.4 is 10.6 Å². The first-order valence-corrected chi connectivity index (χ1v) is 8.51. The maximum atomic E-state index is 12.1. The average molecular weight is 355 g/mol. The molecule has 0 aliphatic rings. The minimum Gasteiger partial charge on any atom is -0.383 e. The SMILES string of the molecule is COCCNC(=O)c1ccnc(Nc2nc(-c3ccccn3)cs2)c1. The third-order valence-electron chi connectivity index (χ3n) is 3.28. The molecule has 0 aromatic carbocycles. The number of methoxy groups -OCH3 is 1. The first-order valence-electron chi connectivity index (χ1n) is 7.63. The standard InChI is InChI=1S/C17H17N5O2S/c1-24-9-8-20-16(23)12-5-7-19-15(10-12)22-17-21-14(11-25-17)13-4-2-3-6-18-13/h2-7,10-11H,8-9H2,1H3,(H,20,23)(H,19,21,22). The van der Waals surface area contributed by atoms with E-state index in [4.69, 9.17) is 4.74 Å². The smallest absolute Gasteiger partial charge is 0.251 e. The Kier molecular flexibility index (Phi) is 5.65. The van der Waals surface area contributed by atoms with Gasteiger partial charge in [-0.25, -0.2) is 9.97 Å². The Labute approximate surface area is 149 Å². The zero-order valence-corrected chi connectivity index (χ0v) is 14.4. The minimum absolute atomic E-state index is 0.171. The molecule has 0 fully saturated rings. The van der Waals surface area contributed by atoms with Crippen LogP contribution >= 0.6 is 11.3 Å². The Morgan fingerprint density at radius 2 is 2.12 bits per heavy atom. The predicted molar refractivity (Wildman–Crippen MR) is 97.1 cm³/mol. The summed E-state index contributed by atoms with van der Waals surface area (Å²) in [4.78, 5) is 25.1. The number of nitrogens with one attached hydrogen (secondary N) is 2. The fourth-order valence-electron chi connectivity index (χ4n) is 2.08. The Morgan fingerprint density at radius 3 is 2.92 bits per heavy atom. The molecule has 8 heteroatoms. The van der Waals surface area contributed by atoms with Crippen molar-refractivity contribution in [3.63, 3.8) is 0 Å². The molecule has 3 heterocycles. The van der Waals surface area contributed by atoms with Gasteiger partial charge >= 0.3 is 0 Å². The molecule has 1 amide bonds. The molecule has 3 aromatic rings. The second-order valence-corrected chi connectivity index (χ2v) is 5.91. The monoisotopic (exact) mass is 355 g/mol. The number of thiazole rings is 1. The molecule has 0 saturated heterocycles. The summed E-state index contributed by atoms with van der Waals surface area (Å²) in [5.74, 6) is 0.386. The van der Waals surface area contributed by atoms with E-state index in [9.17, 15) is 4.79 Å². The van der Waals surface area contributed by atoms with Crippen molar-refractivity contribution >= 4 is 28.2 Å². The highest BCUT2D eigenvalue weighted by atomic mass is 32.1. The number of nitrogens with zero attached hydrogens (tertiary/aromatic N) is 3. The van der Waals surface area contributed by atoms with E-state index in [0.29, 0.717) is 29.7 Å².